The fraction of sp³-hybridized carbons (Fsp3) is 0.692. The van der Waals surface area contributed by atoms with Crippen molar-refractivity contribution >= 4 is 23.9 Å². The molecule has 0 amide bonds. The molecule has 0 radical (unpaired) electrons. The minimum absolute atomic E-state index is 0.247. The van der Waals surface area contributed by atoms with Crippen LogP contribution in [-0.4, -0.2) is 55.1 Å². The second-order valence-corrected chi connectivity index (χ2v) is 4.60. The van der Waals surface area contributed by atoms with E-state index in [-0.39, 0.29) is 6.61 Å². The molecule has 0 N–H and O–H groups in total. The molecule has 9 heteroatoms. The minimum Gasteiger partial charge on any atom is -0.463 e. The lowest BCUT2D eigenvalue weighted by Crippen LogP contribution is -2.42. The lowest BCUT2D eigenvalue weighted by atomic mass is 10.1. The van der Waals surface area contributed by atoms with Gasteiger partial charge in [-0.2, -0.15) is 0 Å². The van der Waals surface area contributed by atoms with Crippen molar-refractivity contribution in [2.75, 3.05) is 6.61 Å². The number of hydrogen-bond acceptors (Lipinski definition) is 9. The van der Waals surface area contributed by atoms with E-state index in [2.05, 4.69) is 0 Å². The first-order chi connectivity index (χ1) is 10.2. The molecule has 124 valence electrons. The Balaban J connectivity index is 2.94. The van der Waals surface area contributed by atoms with Gasteiger partial charge >= 0.3 is 23.9 Å². The van der Waals surface area contributed by atoms with Crippen molar-refractivity contribution in [3.8, 4) is 0 Å². The minimum atomic E-state index is -1.26. The molecule has 1 heterocycles. The van der Waals surface area contributed by atoms with Gasteiger partial charge in [-0.05, 0) is 0 Å². The van der Waals surface area contributed by atoms with Gasteiger partial charge < -0.3 is 23.7 Å². The molecule has 0 saturated carbocycles. The molecule has 1 aliphatic heterocycles. The monoisotopic (exact) mass is 318 g/mol. The average Bonchev–Trinajstić information content (AvgIpc) is 2.63. The molecule has 22 heavy (non-hydrogen) atoms. The zero-order valence-corrected chi connectivity index (χ0v) is 12.7. The summed E-state index contributed by atoms with van der Waals surface area (Å²) in [6.07, 6.45) is -4.40. The Morgan fingerprint density at radius 3 is 1.73 bits per heavy atom. The maximum atomic E-state index is 11.2. The number of hydrogen-bond donors (Lipinski definition) is 0. The molecule has 0 aromatic heterocycles. The zero-order valence-electron chi connectivity index (χ0n) is 12.7. The summed E-state index contributed by atoms with van der Waals surface area (Å²) in [6.45, 7) is 4.40. The van der Waals surface area contributed by atoms with E-state index in [1.165, 1.54) is 6.92 Å². The van der Waals surface area contributed by atoms with Crippen LogP contribution in [0.4, 0.5) is 0 Å². The Kier molecular flexibility index (Phi) is 6.29. The van der Waals surface area contributed by atoms with Gasteiger partial charge in [-0.25, -0.2) is 0 Å². The smallest absolute Gasteiger partial charge is 0.305 e. The van der Waals surface area contributed by atoms with Crippen molar-refractivity contribution in [1.29, 1.82) is 0 Å². The SMILES string of the molecule is CC(=O)OCC1OC(OC(C)=O)[C@@H](OC(C)=O)[C@H]1OC(C)=O. The summed E-state index contributed by atoms with van der Waals surface area (Å²) in [5.74, 6) is -2.56. The maximum Gasteiger partial charge on any atom is 0.305 e. The van der Waals surface area contributed by atoms with E-state index in [9.17, 15) is 19.2 Å². The fourth-order valence-electron chi connectivity index (χ4n) is 1.93. The van der Waals surface area contributed by atoms with E-state index in [0.717, 1.165) is 20.8 Å². The van der Waals surface area contributed by atoms with Gasteiger partial charge in [0.05, 0.1) is 0 Å². The van der Waals surface area contributed by atoms with E-state index in [4.69, 9.17) is 23.7 Å². The molecule has 0 spiro atoms. The highest BCUT2D eigenvalue weighted by Crippen LogP contribution is 2.28. The summed E-state index contributed by atoms with van der Waals surface area (Å²) in [6, 6.07) is 0. The van der Waals surface area contributed by atoms with Crippen molar-refractivity contribution in [1.82, 2.24) is 0 Å². The van der Waals surface area contributed by atoms with Crippen molar-refractivity contribution < 1.29 is 42.9 Å². The van der Waals surface area contributed by atoms with Crippen LogP contribution >= 0.6 is 0 Å². The van der Waals surface area contributed by atoms with Crippen LogP contribution in [0, 0.1) is 0 Å². The number of ether oxygens (including phenoxy) is 5. The van der Waals surface area contributed by atoms with Crippen LogP contribution in [0.3, 0.4) is 0 Å². The van der Waals surface area contributed by atoms with E-state index < -0.39 is 48.5 Å². The molecule has 1 aliphatic rings. The number of carbonyl (C=O) groups excluding carboxylic acids is 4. The Morgan fingerprint density at radius 2 is 1.27 bits per heavy atom. The zero-order chi connectivity index (χ0) is 16.9. The second-order valence-electron chi connectivity index (χ2n) is 4.60. The Labute approximate surface area is 126 Å². The Hall–Kier alpha value is -2.16. The van der Waals surface area contributed by atoms with Crippen molar-refractivity contribution in [3.63, 3.8) is 0 Å². The Morgan fingerprint density at radius 1 is 0.773 bits per heavy atom. The van der Waals surface area contributed by atoms with E-state index >= 15 is 0 Å². The average molecular weight is 318 g/mol. The highest BCUT2D eigenvalue weighted by molar-refractivity contribution is 5.68. The van der Waals surface area contributed by atoms with E-state index in [1.54, 1.807) is 0 Å². The van der Waals surface area contributed by atoms with Crippen LogP contribution in [0.15, 0.2) is 0 Å². The van der Waals surface area contributed by atoms with Crippen LogP contribution < -0.4 is 0 Å². The van der Waals surface area contributed by atoms with Crippen LogP contribution in [0.5, 0.6) is 0 Å². The van der Waals surface area contributed by atoms with Crippen molar-refractivity contribution in [3.05, 3.63) is 0 Å². The van der Waals surface area contributed by atoms with Crippen LogP contribution in [0.1, 0.15) is 27.7 Å². The standard InChI is InChI=1S/C13H18O9/c1-6(14)18-5-10-11(19-7(2)15)12(20-8(3)16)13(22-10)21-9(4)17/h10-13H,5H2,1-4H3/t10?,11-,12-,13?/m0/s1. The summed E-state index contributed by atoms with van der Waals surface area (Å²) in [4.78, 5) is 44.4. The topological polar surface area (TPSA) is 114 Å². The van der Waals surface area contributed by atoms with Gasteiger partial charge in [0.25, 0.3) is 0 Å². The van der Waals surface area contributed by atoms with Crippen LogP contribution in [-0.2, 0) is 42.9 Å². The second kappa shape index (κ2) is 7.74. The molecule has 1 fully saturated rings. The molecule has 9 nitrogen and oxygen atoms in total. The summed E-state index contributed by atoms with van der Waals surface area (Å²) < 4.78 is 25.2. The predicted octanol–water partition coefficient (Wildman–Crippen LogP) is -0.299. The molecule has 0 bridgehead atoms. The largest absolute Gasteiger partial charge is 0.463 e. The number of esters is 4. The summed E-state index contributed by atoms with van der Waals surface area (Å²) >= 11 is 0. The van der Waals surface area contributed by atoms with Gasteiger partial charge in [-0.1, -0.05) is 0 Å². The Bertz CT molecular complexity index is 458. The van der Waals surface area contributed by atoms with Crippen LogP contribution in [0.2, 0.25) is 0 Å². The van der Waals surface area contributed by atoms with Crippen molar-refractivity contribution in [2.24, 2.45) is 0 Å². The molecule has 2 unspecified atom stereocenters. The molecule has 0 aliphatic carbocycles. The molecule has 0 aromatic carbocycles. The number of rotatable bonds is 5. The third-order valence-electron chi connectivity index (χ3n) is 2.60. The van der Waals surface area contributed by atoms with Crippen molar-refractivity contribution in [2.45, 2.75) is 52.3 Å². The first kappa shape index (κ1) is 17.9. The molecule has 1 rings (SSSR count). The predicted molar refractivity (Wildman–Crippen MR) is 68.2 cm³/mol. The third kappa shape index (κ3) is 5.32. The van der Waals surface area contributed by atoms with Gasteiger partial charge in [0.1, 0.15) is 12.7 Å². The summed E-state index contributed by atoms with van der Waals surface area (Å²) in [5, 5.41) is 0. The molecular weight excluding hydrogens is 300 g/mol. The molecular formula is C13H18O9. The highest BCUT2D eigenvalue weighted by atomic mass is 16.8. The number of carbonyl (C=O) groups is 4. The van der Waals surface area contributed by atoms with Gasteiger partial charge in [-0.3, -0.25) is 19.2 Å². The fourth-order valence-corrected chi connectivity index (χ4v) is 1.93. The molecule has 4 atom stereocenters. The lowest BCUT2D eigenvalue weighted by molar-refractivity contribution is -0.197. The highest BCUT2D eigenvalue weighted by Gasteiger charge is 2.51. The maximum absolute atomic E-state index is 11.2. The summed E-state index contributed by atoms with van der Waals surface area (Å²) in [5.41, 5.74) is 0. The van der Waals surface area contributed by atoms with Gasteiger partial charge in [0.15, 0.2) is 6.10 Å². The summed E-state index contributed by atoms with van der Waals surface area (Å²) in [7, 11) is 0. The molecule has 0 aromatic rings. The first-order valence-corrected chi connectivity index (χ1v) is 6.51. The van der Waals surface area contributed by atoms with Crippen LogP contribution in [0.25, 0.3) is 0 Å². The van der Waals surface area contributed by atoms with Gasteiger partial charge in [0, 0.05) is 27.7 Å². The van der Waals surface area contributed by atoms with Gasteiger partial charge in [0.2, 0.25) is 12.4 Å². The van der Waals surface area contributed by atoms with E-state index in [0.29, 0.717) is 0 Å². The quantitative estimate of drug-likeness (QED) is 0.497. The van der Waals surface area contributed by atoms with E-state index in [1.807, 2.05) is 0 Å². The third-order valence-corrected chi connectivity index (χ3v) is 2.60. The normalized spacial score (nSPS) is 26.9. The lowest BCUT2D eigenvalue weighted by Gasteiger charge is -2.22. The first-order valence-electron chi connectivity index (χ1n) is 6.51. The van der Waals surface area contributed by atoms with Gasteiger partial charge in [-0.15, -0.1) is 0 Å². The molecule has 1 saturated heterocycles.